The van der Waals surface area contributed by atoms with Crippen LogP contribution in [0.5, 0.6) is 0 Å². The highest BCUT2D eigenvalue weighted by Gasteiger charge is 2.28. The molecular formula is C23H25N5O3S. The van der Waals surface area contributed by atoms with Gasteiger partial charge in [-0.15, -0.1) is 0 Å². The van der Waals surface area contributed by atoms with Crippen molar-refractivity contribution in [3.05, 3.63) is 59.4 Å². The van der Waals surface area contributed by atoms with Gasteiger partial charge in [0.05, 0.1) is 28.9 Å². The number of Topliss-reactive ketones (excluding diaryl/α,β-unsaturated/α-hetero) is 1. The summed E-state index contributed by atoms with van der Waals surface area (Å²) >= 11 is 0. The van der Waals surface area contributed by atoms with Gasteiger partial charge in [0.2, 0.25) is 10.0 Å². The van der Waals surface area contributed by atoms with E-state index in [1.807, 2.05) is 31.2 Å². The molecule has 2 aliphatic rings. The minimum absolute atomic E-state index is 0.0434. The third-order valence-electron chi connectivity index (χ3n) is 6.03. The molecule has 0 radical (unpaired) electrons. The van der Waals surface area contributed by atoms with E-state index in [0.717, 1.165) is 29.4 Å². The molecule has 0 atom stereocenters. The van der Waals surface area contributed by atoms with Crippen LogP contribution in [0, 0.1) is 6.92 Å². The highest BCUT2D eigenvalue weighted by Crippen LogP contribution is 2.28. The highest BCUT2D eigenvalue weighted by molar-refractivity contribution is 7.89. The summed E-state index contributed by atoms with van der Waals surface area (Å²) < 4.78 is 27.8. The van der Waals surface area contributed by atoms with E-state index in [0.29, 0.717) is 48.3 Å². The highest BCUT2D eigenvalue weighted by atomic mass is 32.2. The molecule has 3 heterocycles. The van der Waals surface area contributed by atoms with Gasteiger partial charge < -0.3 is 5.32 Å². The van der Waals surface area contributed by atoms with Crippen molar-refractivity contribution in [2.45, 2.75) is 24.8 Å². The van der Waals surface area contributed by atoms with E-state index >= 15 is 0 Å². The number of nitrogens with one attached hydrogen (secondary N) is 1. The third-order valence-corrected chi connectivity index (χ3v) is 7.92. The van der Waals surface area contributed by atoms with Gasteiger partial charge in [-0.25, -0.2) is 18.4 Å². The maximum absolute atomic E-state index is 13.1. The number of ketones is 1. The molecule has 0 aliphatic carbocycles. The molecule has 1 aromatic heterocycles. The van der Waals surface area contributed by atoms with Crippen LogP contribution in [0.1, 0.15) is 28.2 Å². The van der Waals surface area contributed by atoms with Crippen LogP contribution in [-0.2, 0) is 16.6 Å². The number of hydrogen-bond donors (Lipinski definition) is 1. The van der Waals surface area contributed by atoms with E-state index in [-0.39, 0.29) is 12.3 Å². The van der Waals surface area contributed by atoms with Gasteiger partial charge in [0, 0.05) is 25.2 Å². The van der Waals surface area contributed by atoms with Crippen LogP contribution in [-0.4, -0.2) is 66.1 Å². The van der Waals surface area contributed by atoms with Gasteiger partial charge >= 0.3 is 0 Å². The van der Waals surface area contributed by atoms with Gasteiger partial charge in [-0.2, -0.15) is 4.31 Å². The van der Waals surface area contributed by atoms with Crippen molar-refractivity contribution in [1.29, 1.82) is 0 Å². The fourth-order valence-electron chi connectivity index (χ4n) is 4.39. The molecule has 1 N–H and O–H groups in total. The summed E-state index contributed by atoms with van der Waals surface area (Å²) in [4.78, 5) is 24.1. The number of sulfonamides is 1. The second-order valence-corrected chi connectivity index (χ2v) is 10.3. The van der Waals surface area contributed by atoms with Crippen LogP contribution in [0.2, 0.25) is 0 Å². The molecule has 2 aromatic carbocycles. The van der Waals surface area contributed by atoms with Crippen molar-refractivity contribution >= 4 is 32.5 Å². The van der Waals surface area contributed by atoms with E-state index in [2.05, 4.69) is 20.2 Å². The van der Waals surface area contributed by atoms with Gasteiger partial charge in [-0.1, -0.05) is 24.3 Å². The van der Waals surface area contributed by atoms with Gasteiger partial charge in [-0.3, -0.25) is 9.69 Å². The lowest BCUT2D eigenvalue weighted by Crippen LogP contribution is -2.35. The average Bonchev–Trinajstić information content (AvgIpc) is 3.02. The molecule has 1 fully saturated rings. The van der Waals surface area contributed by atoms with E-state index in [4.69, 9.17) is 0 Å². The van der Waals surface area contributed by atoms with Crippen molar-refractivity contribution in [3.8, 4) is 0 Å². The Balaban J connectivity index is 1.34. The molecule has 0 unspecified atom stereocenters. The quantitative estimate of drug-likeness (QED) is 0.651. The second-order valence-electron chi connectivity index (χ2n) is 8.32. The summed E-state index contributed by atoms with van der Waals surface area (Å²) in [5.74, 6) is 1.40. The molecule has 9 heteroatoms. The number of carbonyl (C=O) groups is 1. The van der Waals surface area contributed by atoms with E-state index in [1.54, 1.807) is 22.5 Å². The number of rotatable bonds is 4. The first-order chi connectivity index (χ1) is 15.4. The minimum Gasteiger partial charge on any atom is -0.362 e. The first kappa shape index (κ1) is 21.0. The Hall–Kier alpha value is -2.88. The maximum atomic E-state index is 13.1. The molecule has 3 aromatic rings. The van der Waals surface area contributed by atoms with Crippen LogP contribution in [0.25, 0.3) is 10.9 Å². The second kappa shape index (κ2) is 8.23. The minimum atomic E-state index is -3.51. The monoisotopic (exact) mass is 451 g/mol. The van der Waals surface area contributed by atoms with Gasteiger partial charge in [0.15, 0.2) is 5.78 Å². The summed E-state index contributed by atoms with van der Waals surface area (Å²) in [6.45, 7) is 4.94. The Labute approximate surface area is 187 Å². The molecule has 8 nitrogen and oxygen atoms in total. The molecule has 0 bridgehead atoms. The topological polar surface area (TPSA) is 95.5 Å². The van der Waals surface area contributed by atoms with Crippen LogP contribution < -0.4 is 5.32 Å². The summed E-state index contributed by atoms with van der Waals surface area (Å²) in [5, 5.41) is 3.89. The standard InChI is InChI=1S/C23H25N5O3S/c1-16-5-2-6-17(13-16)32(30,31)28-10-4-9-27(11-12-28)15-21-25-19-8-3-7-18-20(29)14-24-23(26-21)22(18)19/h2-3,5-8,13H,4,9-12,14-15H2,1H3,(H,24,25,26). The number of aryl methyl sites for hydroxylation is 1. The predicted octanol–water partition coefficient (Wildman–Crippen LogP) is 2.44. The lowest BCUT2D eigenvalue weighted by atomic mass is 10.0. The van der Waals surface area contributed by atoms with Crippen molar-refractivity contribution in [1.82, 2.24) is 19.2 Å². The first-order valence-electron chi connectivity index (χ1n) is 10.8. The van der Waals surface area contributed by atoms with Crippen molar-refractivity contribution in [3.63, 3.8) is 0 Å². The number of aromatic nitrogens is 2. The van der Waals surface area contributed by atoms with Crippen LogP contribution in [0.3, 0.4) is 0 Å². The van der Waals surface area contributed by atoms with E-state index in [1.165, 1.54) is 0 Å². The zero-order valence-electron chi connectivity index (χ0n) is 17.9. The van der Waals surface area contributed by atoms with Gasteiger partial charge in [0.1, 0.15) is 11.6 Å². The van der Waals surface area contributed by atoms with Crippen molar-refractivity contribution < 1.29 is 13.2 Å². The lowest BCUT2D eigenvalue weighted by molar-refractivity contribution is 0.101. The summed E-state index contributed by atoms with van der Waals surface area (Å²) in [6.07, 6.45) is 0.738. The number of anilines is 1. The molecule has 0 saturated carbocycles. The summed E-state index contributed by atoms with van der Waals surface area (Å²) in [6, 6.07) is 12.6. The van der Waals surface area contributed by atoms with Crippen LogP contribution in [0.15, 0.2) is 47.4 Å². The zero-order chi connectivity index (χ0) is 22.3. The SMILES string of the molecule is Cc1cccc(S(=O)(=O)N2CCCN(Cc3nc4c5c(cccc5n3)C(=O)CN4)CC2)c1. The molecule has 0 spiro atoms. The molecular weight excluding hydrogens is 426 g/mol. The normalized spacial score (nSPS) is 17.8. The smallest absolute Gasteiger partial charge is 0.243 e. The first-order valence-corrected chi connectivity index (χ1v) is 12.2. The average molecular weight is 452 g/mol. The Morgan fingerprint density at radius 2 is 1.88 bits per heavy atom. The Bertz CT molecular complexity index is 1310. The van der Waals surface area contributed by atoms with Crippen LogP contribution >= 0.6 is 0 Å². The molecule has 2 aliphatic heterocycles. The van der Waals surface area contributed by atoms with Gasteiger partial charge in [-0.05, 0) is 43.7 Å². The summed E-state index contributed by atoms with van der Waals surface area (Å²) in [5.41, 5.74) is 2.34. The summed E-state index contributed by atoms with van der Waals surface area (Å²) in [7, 11) is -3.51. The predicted molar refractivity (Wildman–Crippen MR) is 122 cm³/mol. The fourth-order valence-corrected chi connectivity index (χ4v) is 5.97. The largest absolute Gasteiger partial charge is 0.362 e. The number of hydrogen-bond acceptors (Lipinski definition) is 7. The molecule has 5 rings (SSSR count). The third kappa shape index (κ3) is 3.87. The number of nitrogens with zero attached hydrogens (tertiary/aromatic N) is 4. The van der Waals surface area contributed by atoms with Gasteiger partial charge in [0.25, 0.3) is 0 Å². The van der Waals surface area contributed by atoms with Crippen LogP contribution in [0.4, 0.5) is 5.82 Å². The molecule has 1 saturated heterocycles. The van der Waals surface area contributed by atoms with E-state index in [9.17, 15) is 13.2 Å². The zero-order valence-corrected chi connectivity index (χ0v) is 18.7. The number of benzene rings is 2. The molecule has 166 valence electrons. The molecule has 0 amide bonds. The van der Waals surface area contributed by atoms with Crippen molar-refractivity contribution in [2.75, 3.05) is 38.0 Å². The maximum Gasteiger partial charge on any atom is 0.243 e. The molecule has 32 heavy (non-hydrogen) atoms. The number of carbonyl (C=O) groups excluding carboxylic acids is 1. The Morgan fingerprint density at radius 3 is 2.72 bits per heavy atom. The van der Waals surface area contributed by atoms with Crippen molar-refractivity contribution in [2.24, 2.45) is 0 Å². The fraction of sp³-hybridized carbons (Fsp3) is 0.348. The Kier molecular flexibility index (Phi) is 5.40. The Morgan fingerprint density at radius 1 is 1.03 bits per heavy atom. The lowest BCUT2D eigenvalue weighted by Gasteiger charge is -2.22. The van der Waals surface area contributed by atoms with E-state index < -0.39 is 10.0 Å².